The zero-order chi connectivity index (χ0) is 8.32. The van der Waals surface area contributed by atoms with E-state index in [0.717, 1.165) is 25.8 Å². The smallest absolute Gasteiger partial charge is 0.0974 e. The van der Waals surface area contributed by atoms with E-state index in [4.69, 9.17) is 0 Å². The maximum absolute atomic E-state index is 9.34. The van der Waals surface area contributed by atoms with Crippen molar-refractivity contribution in [3.8, 4) is 0 Å². The molecule has 1 aliphatic rings. The Bertz CT molecular complexity index is 116. The molecule has 1 aliphatic heterocycles. The van der Waals surface area contributed by atoms with Crippen molar-refractivity contribution in [1.29, 1.82) is 0 Å². The molecular weight excluding hydrogens is 162 g/mol. The predicted molar refractivity (Wildman–Crippen MR) is 49.0 cm³/mol. The van der Waals surface area contributed by atoms with E-state index in [1.165, 1.54) is 12.7 Å². The third kappa shape index (κ3) is 2.99. The van der Waals surface area contributed by atoms with Gasteiger partial charge < -0.3 is 0 Å². The van der Waals surface area contributed by atoms with Crippen molar-refractivity contribution in [1.82, 2.24) is 5.32 Å². The fourth-order valence-electron chi connectivity index (χ4n) is 1.38. The number of hydrogen-bond donors (Lipinski definition) is 3. The van der Waals surface area contributed by atoms with E-state index >= 15 is 0 Å². The van der Waals surface area contributed by atoms with Crippen LogP contribution in [0.1, 0.15) is 25.7 Å². The van der Waals surface area contributed by atoms with Crippen molar-refractivity contribution in [2.45, 2.75) is 31.1 Å². The summed E-state index contributed by atoms with van der Waals surface area (Å²) < 4.78 is 18.7. The van der Waals surface area contributed by atoms with Gasteiger partial charge in [0.1, 0.15) is 0 Å². The molecule has 0 aromatic heterocycles. The topological polar surface area (TPSA) is 52.5 Å². The molecule has 0 saturated carbocycles. The monoisotopic (exact) mass is 179 g/mol. The zero-order valence-corrected chi connectivity index (χ0v) is 7.73. The van der Waals surface area contributed by atoms with Crippen LogP contribution >= 0.6 is 10.6 Å². The lowest BCUT2D eigenvalue weighted by molar-refractivity contribution is 0.455. The fraction of sp³-hybridized carbons (Fsp3) is 1.00. The second-order valence-electron chi connectivity index (χ2n) is 3.19. The number of rotatable bonds is 1. The highest BCUT2D eigenvalue weighted by Crippen LogP contribution is 2.41. The first-order valence-electron chi connectivity index (χ1n) is 4.06. The maximum atomic E-state index is 9.34. The van der Waals surface area contributed by atoms with Crippen molar-refractivity contribution in [2.75, 3.05) is 12.8 Å². The predicted octanol–water partition coefficient (Wildman–Crippen LogP) is 1.86. The van der Waals surface area contributed by atoms with Crippen LogP contribution in [0.15, 0.2) is 0 Å². The van der Waals surface area contributed by atoms with Crippen LogP contribution in [0.4, 0.5) is 0 Å². The minimum absolute atomic E-state index is 0.0648. The van der Waals surface area contributed by atoms with Crippen LogP contribution in [-0.2, 0) is 0 Å². The van der Waals surface area contributed by atoms with Gasteiger partial charge in [-0.1, -0.05) is 12.8 Å². The standard InChI is InChI=1S/C7H17NO2S/c1-11(9,10)7-5-3-2-4-6-8-7/h7-10H,2-6H2,1H3. The second-order valence-corrected chi connectivity index (χ2v) is 5.54. The largest absolute Gasteiger partial charge is 0.298 e. The molecular formula is C7H17NO2S. The molecule has 1 heterocycles. The zero-order valence-electron chi connectivity index (χ0n) is 6.92. The summed E-state index contributed by atoms with van der Waals surface area (Å²) in [5, 5.41) is 3.09. The Labute approximate surface area is 69.5 Å². The van der Waals surface area contributed by atoms with Crippen LogP contribution < -0.4 is 5.32 Å². The summed E-state index contributed by atoms with van der Waals surface area (Å²) in [5.74, 6) is 0. The van der Waals surface area contributed by atoms with Gasteiger partial charge in [0.2, 0.25) is 0 Å². The van der Waals surface area contributed by atoms with Gasteiger partial charge >= 0.3 is 0 Å². The average molecular weight is 179 g/mol. The molecule has 0 amide bonds. The van der Waals surface area contributed by atoms with Crippen LogP contribution in [0.3, 0.4) is 0 Å². The number of nitrogens with one attached hydrogen (secondary N) is 1. The van der Waals surface area contributed by atoms with Crippen molar-refractivity contribution >= 4 is 10.6 Å². The molecule has 3 N–H and O–H groups in total. The van der Waals surface area contributed by atoms with Crippen LogP contribution in [0.5, 0.6) is 0 Å². The molecule has 1 saturated heterocycles. The molecule has 68 valence electrons. The molecule has 0 bridgehead atoms. The molecule has 0 aromatic carbocycles. The summed E-state index contributed by atoms with van der Waals surface area (Å²) in [6, 6.07) is 0. The third-order valence-corrected chi connectivity index (χ3v) is 3.53. The lowest BCUT2D eigenvalue weighted by Gasteiger charge is -2.36. The molecule has 1 rings (SSSR count). The van der Waals surface area contributed by atoms with Gasteiger partial charge in [0.05, 0.1) is 5.37 Å². The molecule has 1 unspecified atom stereocenters. The summed E-state index contributed by atoms with van der Waals surface area (Å²) in [7, 11) is -2.36. The summed E-state index contributed by atoms with van der Waals surface area (Å²) >= 11 is 0. The first-order valence-corrected chi connectivity index (χ1v) is 6.08. The Hall–Kier alpha value is 0.230. The molecule has 0 radical (unpaired) electrons. The van der Waals surface area contributed by atoms with Crippen LogP contribution in [0.2, 0.25) is 0 Å². The Balaban J connectivity index is 2.43. The third-order valence-electron chi connectivity index (χ3n) is 2.05. The minimum Gasteiger partial charge on any atom is -0.298 e. The highest BCUT2D eigenvalue weighted by Gasteiger charge is 2.21. The van der Waals surface area contributed by atoms with Gasteiger partial charge in [-0.2, -0.15) is 10.6 Å². The van der Waals surface area contributed by atoms with E-state index in [2.05, 4.69) is 5.32 Å². The van der Waals surface area contributed by atoms with Gasteiger partial charge in [0.15, 0.2) is 0 Å². The van der Waals surface area contributed by atoms with Gasteiger partial charge in [-0.25, -0.2) is 0 Å². The highest BCUT2D eigenvalue weighted by molar-refractivity contribution is 8.24. The molecule has 11 heavy (non-hydrogen) atoms. The van der Waals surface area contributed by atoms with Crippen molar-refractivity contribution in [3.05, 3.63) is 0 Å². The Morgan fingerprint density at radius 2 is 2.00 bits per heavy atom. The molecule has 3 nitrogen and oxygen atoms in total. The van der Waals surface area contributed by atoms with E-state index in [9.17, 15) is 9.11 Å². The first kappa shape index (κ1) is 9.32. The fourth-order valence-corrected chi connectivity index (χ4v) is 2.42. The quantitative estimate of drug-likeness (QED) is 0.576. The molecule has 1 atom stereocenters. The molecule has 4 heteroatoms. The Morgan fingerprint density at radius 1 is 1.27 bits per heavy atom. The average Bonchev–Trinajstić information content (AvgIpc) is 2.10. The van der Waals surface area contributed by atoms with Gasteiger partial charge in [-0.3, -0.25) is 14.4 Å². The van der Waals surface area contributed by atoms with Crippen LogP contribution in [-0.4, -0.2) is 27.3 Å². The Kier molecular flexibility index (Phi) is 3.18. The van der Waals surface area contributed by atoms with E-state index < -0.39 is 10.6 Å². The van der Waals surface area contributed by atoms with Gasteiger partial charge in [0, 0.05) is 6.26 Å². The summed E-state index contributed by atoms with van der Waals surface area (Å²) in [6.07, 6.45) is 5.90. The van der Waals surface area contributed by atoms with Crippen molar-refractivity contribution in [3.63, 3.8) is 0 Å². The van der Waals surface area contributed by atoms with Crippen molar-refractivity contribution < 1.29 is 9.11 Å². The molecule has 0 spiro atoms. The Morgan fingerprint density at radius 3 is 2.64 bits per heavy atom. The van der Waals surface area contributed by atoms with E-state index in [1.807, 2.05) is 0 Å². The van der Waals surface area contributed by atoms with Crippen molar-refractivity contribution in [2.24, 2.45) is 0 Å². The van der Waals surface area contributed by atoms with Crippen LogP contribution in [0.25, 0.3) is 0 Å². The lowest BCUT2D eigenvalue weighted by atomic mass is 10.2. The summed E-state index contributed by atoms with van der Waals surface area (Å²) in [6.45, 7) is 0.925. The second kappa shape index (κ2) is 3.76. The van der Waals surface area contributed by atoms with E-state index in [-0.39, 0.29) is 5.37 Å². The van der Waals surface area contributed by atoms with E-state index in [0.29, 0.717) is 0 Å². The van der Waals surface area contributed by atoms with Gasteiger partial charge in [-0.15, -0.1) is 0 Å². The van der Waals surface area contributed by atoms with E-state index in [1.54, 1.807) is 0 Å². The molecule has 1 fully saturated rings. The van der Waals surface area contributed by atoms with Gasteiger partial charge in [0.25, 0.3) is 0 Å². The SMILES string of the molecule is CS(O)(O)C1CCCCCN1. The highest BCUT2D eigenvalue weighted by atomic mass is 32.3. The van der Waals surface area contributed by atoms with Gasteiger partial charge in [-0.05, 0) is 19.4 Å². The summed E-state index contributed by atoms with van der Waals surface area (Å²) in [4.78, 5) is 0. The molecule has 0 aliphatic carbocycles. The molecule has 0 aromatic rings. The lowest BCUT2D eigenvalue weighted by Crippen LogP contribution is -2.32. The number of hydrogen-bond acceptors (Lipinski definition) is 3. The first-order chi connectivity index (χ1) is 5.11. The van der Waals surface area contributed by atoms with Crippen LogP contribution in [0, 0.1) is 0 Å². The minimum atomic E-state index is -2.36. The normalized spacial score (nSPS) is 29.5. The summed E-state index contributed by atoms with van der Waals surface area (Å²) in [5.41, 5.74) is 0. The maximum Gasteiger partial charge on any atom is 0.0974 e.